The van der Waals surface area contributed by atoms with Gasteiger partial charge in [-0.25, -0.2) is 4.79 Å². The Morgan fingerprint density at radius 3 is 2.39 bits per heavy atom. The number of carboxylic acids is 1. The minimum Gasteiger partial charge on any atom is -0.493 e. The van der Waals surface area contributed by atoms with Crippen LogP contribution >= 0.6 is 0 Å². The number of amides is 1. The van der Waals surface area contributed by atoms with E-state index in [4.69, 9.17) is 24.6 Å². The first-order valence-corrected chi connectivity index (χ1v) is 8.31. The van der Waals surface area contributed by atoms with Crippen molar-refractivity contribution in [3.8, 4) is 23.3 Å². The van der Waals surface area contributed by atoms with Gasteiger partial charge in [-0.2, -0.15) is 5.26 Å². The highest BCUT2D eigenvalue weighted by Gasteiger charge is 2.13. The van der Waals surface area contributed by atoms with E-state index in [1.165, 1.54) is 18.1 Å². The minimum atomic E-state index is -1.05. The molecule has 0 atom stereocenters. The maximum atomic E-state index is 12.3. The van der Waals surface area contributed by atoms with Crippen molar-refractivity contribution in [1.29, 1.82) is 5.26 Å². The van der Waals surface area contributed by atoms with E-state index in [-0.39, 0.29) is 12.5 Å². The number of ether oxygens (including phenoxy) is 3. The van der Waals surface area contributed by atoms with Crippen LogP contribution in [0, 0.1) is 11.3 Å². The standard InChI is InChI=1S/C20H20N2O6/c1-22(11-14-3-6-16(7-4-14)27-13-20(24)25)19(23)12-28-17-8-5-15(10-21)9-18(17)26-2/h3-9H,11-13H2,1-2H3,(H,24,25). The first-order valence-electron chi connectivity index (χ1n) is 8.31. The summed E-state index contributed by atoms with van der Waals surface area (Å²) >= 11 is 0. The van der Waals surface area contributed by atoms with Crippen molar-refractivity contribution in [2.75, 3.05) is 27.4 Å². The summed E-state index contributed by atoms with van der Waals surface area (Å²) in [7, 11) is 3.11. The molecule has 0 radical (unpaired) electrons. The molecule has 8 nitrogen and oxygen atoms in total. The molecule has 0 bridgehead atoms. The van der Waals surface area contributed by atoms with E-state index in [0.717, 1.165) is 5.56 Å². The van der Waals surface area contributed by atoms with E-state index in [1.807, 2.05) is 6.07 Å². The lowest BCUT2D eigenvalue weighted by molar-refractivity contribution is -0.139. The number of likely N-dealkylation sites (N-methyl/N-ethyl adjacent to an activating group) is 1. The van der Waals surface area contributed by atoms with Crippen molar-refractivity contribution < 1.29 is 28.9 Å². The van der Waals surface area contributed by atoms with Gasteiger partial charge in [0.25, 0.3) is 5.91 Å². The molecule has 0 fully saturated rings. The molecule has 1 amide bonds. The summed E-state index contributed by atoms with van der Waals surface area (Å²) in [6.07, 6.45) is 0. The Morgan fingerprint density at radius 2 is 1.79 bits per heavy atom. The molecule has 28 heavy (non-hydrogen) atoms. The number of hydrogen-bond donors (Lipinski definition) is 1. The van der Waals surface area contributed by atoms with E-state index in [0.29, 0.717) is 29.4 Å². The van der Waals surface area contributed by atoms with Crippen molar-refractivity contribution >= 4 is 11.9 Å². The van der Waals surface area contributed by atoms with E-state index < -0.39 is 12.6 Å². The fourth-order valence-corrected chi connectivity index (χ4v) is 2.30. The number of carboxylic acid groups (broad SMARTS) is 1. The van der Waals surface area contributed by atoms with Gasteiger partial charge in [-0.05, 0) is 29.8 Å². The topological polar surface area (TPSA) is 109 Å². The molecule has 2 aromatic carbocycles. The number of carbonyl (C=O) groups excluding carboxylic acids is 1. The van der Waals surface area contributed by atoms with Crippen LogP contribution in [-0.2, 0) is 16.1 Å². The van der Waals surface area contributed by atoms with Gasteiger partial charge < -0.3 is 24.2 Å². The van der Waals surface area contributed by atoms with Crippen molar-refractivity contribution in [3.05, 3.63) is 53.6 Å². The van der Waals surface area contributed by atoms with Gasteiger partial charge in [-0.3, -0.25) is 4.79 Å². The molecule has 0 aliphatic heterocycles. The highest BCUT2D eigenvalue weighted by molar-refractivity contribution is 5.77. The van der Waals surface area contributed by atoms with Crippen LogP contribution < -0.4 is 14.2 Å². The fraction of sp³-hybridized carbons (Fsp3) is 0.250. The predicted molar refractivity (Wildman–Crippen MR) is 99.3 cm³/mol. The van der Waals surface area contributed by atoms with Gasteiger partial charge in [0.15, 0.2) is 24.7 Å². The number of methoxy groups -OCH3 is 1. The summed E-state index contributed by atoms with van der Waals surface area (Å²) in [5.41, 5.74) is 1.29. The molecular formula is C20H20N2O6. The van der Waals surface area contributed by atoms with E-state index >= 15 is 0 Å². The van der Waals surface area contributed by atoms with Crippen LogP contribution in [0.15, 0.2) is 42.5 Å². The third-order valence-electron chi connectivity index (χ3n) is 3.78. The zero-order valence-electron chi connectivity index (χ0n) is 15.5. The number of rotatable bonds is 9. The van der Waals surface area contributed by atoms with Gasteiger partial charge in [-0.1, -0.05) is 12.1 Å². The smallest absolute Gasteiger partial charge is 0.341 e. The maximum absolute atomic E-state index is 12.3. The van der Waals surface area contributed by atoms with E-state index in [1.54, 1.807) is 43.4 Å². The van der Waals surface area contributed by atoms with Gasteiger partial charge >= 0.3 is 5.97 Å². The third kappa shape index (κ3) is 5.92. The first-order chi connectivity index (χ1) is 13.4. The summed E-state index contributed by atoms with van der Waals surface area (Å²) < 4.78 is 15.8. The van der Waals surface area contributed by atoms with Gasteiger partial charge in [0.05, 0.1) is 18.7 Å². The highest BCUT2D eigenvalue weighted by atomic mass is 16.5. The Balaban J connectivity index is 1.89. The van der Waals surface area contributed by atoms with Crippen molar-refractivity contribution in [2.24, 2.45) is 0 Å². The number of aliphatic carboxylic acids is 1. The largest absolute Gasteiger partial charge is 0.493 e. The SMILES string of the molecule is COc1cc(C#N)ccc1OCC(=O)N(C)Cc1ccc(OCC(=O)O)cc1. The van der Waals surface area contributed by atoms with E-state index in [2.05, 4.69) is 0 Å². The molecule has 0 unspecified atom stereocenters. The van der Waals surface area contributed by atoms with Crippen LogP contribution in [-0.4, -0.2) is 49.3 Å². The summed E-state index contributed by atoms with van der Waals surface area (Å²) in [6.45, 7) is -0.238. The monoisotopic (exact) mass is 384 g/mol. The minimum absolute atomic E-state index is 0.182. The molecule has 0 aromatic heterocycles. The van der Waals surface area contributed by atoms with Crippen molar-refractivity contribution in [3.63, 3.8) is 0 Å². The van der Waals surface area contributed by atoms with Gasteiger partial charge in [0.1, 0.15) is 5.75 Å². The highest BCUT2D eigenvalue weighted by Crippen LogP contribution is 2.27. The predicted octanol–water partition coefficient (Wildman–Crippen LogP) is 2.07. The molecule has 0 aliphatic rings. The molecule has 146 valence electrons. The summed E-state index contributed by atoms with van der Waals surface area (Å²) in [5.74, 6) is -0.0862. The molecule has 1 N–H and O–H groups in total. The number of hydrogen-bond acceptors (Lipinski definition) is 6. The lowest BCUT2D eigenvalue weighted by Crippen LogP contribution is -2.31. The normalized spacial score (nSPS) is 9.89. The molecule has 0 aliphatic carbocycles. The first kappa shape index (κ1) is 20.6. The number of benzene rings is 2. The molecule has 0 saturated heterocycles. The second kappa shape index (κ2) is 9.83. The Bertz CT molecular complexity index is 873. The Hall–Kier alpha value is -3.73. The lowest BCUT2D eigenvalue weighted by atomic mass is 10.2. The molecule has 0 spiro atoms. The zero-order chi connectivity index (χ0) is 20.5. The fourth-order valence-electron chi connectivity index (χ4n) is 2.30. The molecule has 0 saturated carbocycles. The number of carbonyl (C=O) groups is 2. The van der Waals surface area contributed by atoms with Crippen LogP contribution in [0.5, 0.6) is 17.2 Å². The third-order valence-corrected chi connectivity index (χ3v) is 3.78. The zero-order valence-corrected chi connectivity index (χ0v) is 15.5. The molecule has 2 rings (SSSR count). The molecular weight excluding hydrogens is 364 g/mol. The number of nitriles is 1. The van der Waals surface area contributed by atoms with Gasteiger partial charge in [-0.15, -0.1) is 0 Å². The van der Waals surface area contributed by atoms with Crippen LogP contribution in [0.4, 0.5) is 0 Å². The summed E-state index contributed by atoms with van der Waals surface area (Å²) in [6, 6.07) is 13.5. The Morgan fingerprint density at radius 1 is 1.07 bits per heavy atom. The second-order valence-corrected chi connectivity index (χ2v) is 5.84. The van der Waals surface area contributed by atoms with Gasteiger partial charge in [0.2, 0.25) is 0 Å². The van der Waals surface area contributed by atoms with Crippen LogP contribution in [0.1, 0.15) is 11.1 Å². The maximum Gasteiger partial charge on any atom is 0.341 e. The average molecular weight is 384 g/mol. The van der Waals surface area contributed by atoms with Crippen LogP contribution in [0.25, 0.3) is 0 Å². The molecule has 2 aromatic rings. The molecule has 8 heteroatoms. The van der Waals surface area contributed by atoms with Crippen molar-refractivity contribution in [1.82, 2.24) is 4.90 Å². The average Bonchev–Trinajstić information content (AvgIpc) is 2.71. The van der Waals surface area contributed by atoms with Crippen molar-refractivity contribution in [2.45, 2.75) is 6.54 Å². The Labute approximate surface area is 162 Å². The van der Waals surface area contributed by atoms with E-state index in [9.17, 15) is 9.59 Å². The Kier molecular flexibility index (Phi) is 7.22. The molecule has 0 heterocycles. The second-order valence-electron chi connectivity index (χ2n) is 5.84. The number of nitrogens with zero attached hydrogens (tertiary/aromatic N) is 2. The lowest BCUT2D eigenvalue weighted by Gasteiger charge is -2.18. The van der Waals surface area contributed by atoms with Crippen LogP contribution in [0.3, 0.4) is 0 Å². The quantitative estimate of drug-likeness (QED) is 0.705. The summed E-state index contributed by atoms with van der Waals surface area (Å²) in [5, 5.41) is 17.5. The van der Waals surface area contributed by atoms with Crippen LogP contribution in [0.2, 0.25) is 0 Å². The van der Waals surface area contributed by atoms with Gasteiger partial charge in [0, 0.05) is 19.7 Å². The summed E-state index contributed by atoms with van der Waals surface area (Å²) in [4.78, 5) is 24.3.